The number of Topliss-reactive ketones (excluding diaryl/α,β-unsaturated/α-hetero) is 1. The average molecular weight is 286 g/mol. The molecule has 0 aromatic rings. The molecule has 0 saturated heterocycles. The summed E-state index contributed by atoms with van der Waals surface area (Å²) in [6.07, 6.45) is 2.56. The van der Waals surface area contributed by atoms with Crippen molar-refractivity contribution in [2.45, 2.75) is 45.6 Å². The van der Waals surface area contributed by atoms with Gasteiger partial charge in [-0.3, -0.25) is 4.79 Å². The Morgan fingerprint density at radius 3 is 2.68 bits per heavy atom. The van der Waals surface area contributed by atoms with Crippen molar-refractivity contribution in [1.29, 1.82) is 0 Å². The van der Waals surface area contributed by atoms with Crippen LogP contribution in [0.25, 0.3) is 0 Å². The zero-order valence-electron chi connectivity index (χ0n) is 11.9. The summed E-state index contributed by atoms with van der Waals surface area (Å²) in [5.41, 5.74) is 0.463. The van der Waals surface area contributed by atoms with Crippen molar-refractivity contribution in [3.05, 3.63) is 11.0 Å². The zero-order valence-corrected chi connectivity index (χ0v) is 12.7. The van der Waals surface area contributed by atoms with E-state index in [0.717, 1.165) is 24.8 Å². The van der Waals surface area contributed by atoms with Crippen LogP contribution in [0.4, 0.5) is 0 Å². The van der Waals surface area contributed by atoms with Gasteiger partial charge in [0, 0.05) is 12.2 Å². The molecule has 1 aliphatic heterocycles. The van der Waals surface area contributed by atoms with Crippen LogP contribution in [0.5, 0.6) is 0 Å². The molecule has 0 aromatic heterocycles. The molecule has 0 bridgehead atoms. The van der Waals surface area contributed by atoms with E-state index >= 15 is 0 Å². The predicted molar refractivity (Wildman–Crippen MR) is 76.1 cm³/mol. The summed E-state index contributed by atoms with van der Waals surface area (Å²) in [6, 6.07) is 0. The van der Waals surface area contributed by atoms with Crippen molar-refractivity contribution in [2.24, 2.45) is 0 Å². The molecular weight excluding hydrogens is 264 g/mol. The smallest absolute Gasteiger partial charge is 0.332 e. The van der Waals surface area contributed by atoms with Gasteiger partial charge in [-0.2, -0.15) is 0 Å². The van der Waals surface area contributed by atoms with Gasteiger partial charge in [0.2, 0.25) is 0 Å². The summed E-state index contributed by atoms with van der Waals surface area (Å²) in [6.45, 7) is 6.00. The number of carbonyl (C=O) groups is 2. The highest BCUT2D eigenvalue weighted by Crippen LogP contribution is 2.22. The molecule has 0 N–H and O–H groups in total. The monoisotopic (exact) mass is 286 g/mol. The molecule has 0 fully saturated rings. The molecule has 1 aliphatic rings. The number of thioether (sulfide) groups is 1. The van der Waals surface area contributed by atoms with E-state index in [2.05, 4.69) is 0 Å². The summed E-state index contributed by atoms with van der Waals surface area (Å²) in [5.74, 6) is 0.502. The summed E-state index contributed by atoms with van der Waals surface area (Å²) < 4.78 is 10.4. The van der Waals surface area contributed by atoms with Gasteiger partial charge in [0.05, 0.1) is 5.75 Å². The van der Waals surface area contributed by atoms with Crippen LogP contribution in [0, 0.1) is 0 Å². The Morgan fingerprint density at radius 1 is 1.37 bits per heavy atom. The maximum Gasteiger partial charge on any atom is 0.332 e. The highest BCUT2D eigenvalue weighted by atomic mass is 32.2. The first kappa shape index (κ1) is 16.2. The molecule has 0 atom stereocenters. The molecular formula is C14H22O4S. The van der Waals surface area contributed by atoms with Crippen molar-refractivity contribution in [1.82, 2.24) is 0 Å². The fourth-order valence-corrected chi connectivity index (χ4v) is 2.49. The number of hydrogen-bond acceptors (Lipinski definition) is 5. The lowest BCUT2D eigenvalue weighted by atomic mass is 10.1. The third kappa shape index (κ3) is 7.38. The first-order valence-electron chi connectivity index (χ1n) is 6.52. The van der Waals surface area contributed by atoms with E-state index in [1.807, 2.05) is 26.2 Å². The second kappa shape index (κ2) is 7.70. The highest BCUT2D eigenvalue weighted by Gasteiger charge is 2.16. The molecule has 108 valence electrons. The van der Waals surface area contributed by atoms with Crippen molar-refractivity contribution in [3.63, 3.8) is 0 Å². The third-order valence-electron chi connectivity index (χ3n) is 2.42. The Morgan fingerprint density at radius 2 is 2.11 bits per heavy atom. The van der Waals surface area contributed by atoms with Crippen molar-refractivity contribution < 1.29 is 19.1 Å². The Bertz CT molecular complexity index is 355. The van der Waals surface area contributed by atoms with Crippen LogP contribution in [0.3, 0.4) is 0 Å². The number of allylic oxidation sites excluding steroid dienone is 1. The molecule has 1 rings (SSSR count). The molecule has 0 spiro atoms. The quantitative estimate of drug-likeness (QED) is 0.532. The second-order valence-corrected chi connectivity index (χ2v) is 6.33. The number of esters is 1. The van der Waals surface area contributed by atoms with Gasteiger partial charge in [0.15, 0.2) is 5.78 Å². The van der Waals surface area contributed by atoms with E-state index in [0.29, 0.717) is 12.4 Å². The molecule has 0 aliphatic carbocycles. The van der Waals surface area contributed by atoms with Crippen LogP contribution in [0.1, 0.15) is 40.0 Å². The van der Waals surface area contributed by atoms with E-state index < -0.39 is 5.60 Å². The van der Waals surface area contributed by atoms with Crippen LogP contribution in [-0.4, -0.2) is 36.3 Å². The number of unbranched alkanes of at least 4 members (excludes halogenated alkanes) is 1. The second-order valence-electron chi connectivity index (χ2n) is 5.47. The number of rotatable bonds is 7. The highest BCUT2D eigenvalue weighted by molar-refractivity contribution is 8.03. The Hall–Kier alpha value is -0.810. The largest absolute Gasteiger partial charge is 0.458 e. The number of ketones is 1. The molecule has 5 heteroatoms. The van der Waals surface area contributed by atoms with Crippen LogP contribution in [-0.2, 0) is 19.1 Å². The fourth-order valence-electron chi connectivity index (χ4n) is 1.62. The topological polar surface area (TPSA) is 52.6 Å². The van der Waals surface area contributed by atoms with Crippen LogP contribution in [0.2, 0.25) is 0 Å². The minimum absolute atomic E-state index is 0.00521. The van der Waals surface area contributed by atoms with E-state index in [9.17, 15) is 9.59 Å². The van der Waals surface area contributed by atoms with Gasteiger partial charge < -0.3 is 9.47 Å². The minimum atomic E-state index is -0.465. The maximum atomic E-state index is 11.3. The fraction of sp³-hybridized carbons (Fsp3) is 0.714. The summed E-state index contributed by atoms with van der Waals surface area (Å²) >= 11 is 1.56. The van der Waals surface area contributed by atoms with Gasteiger partial charge in [0.1, 0.15) is 12.2 Å². The zero-order chi connectivity index (χ0) is 14.3. The van der Waals surface area contributed by atoms with E-state index in [1.54, 1.807) is 11.8 Å². The standard InChI is InChI=1S/C14H22O4S/c1-14(2,3)18-13(16)8-17-7-5-4-6-11-9-19-10-12(11)15/h9H,4-8,10H2,1-3H3. The Labute approximate surface area is 118 Å². The summed E-state index contributed by atoms with van der Waals surface area (Å²) in [7, 11) is 0. The minimum Gasteiger partial charge on any atom is -0.458 e. The van der Waals surface area contributed by atoms with Gasteiger partial charge >= 0.3 is 5.97 Å². The molecule has 19 heavy (non-hydrogen) atoms. The van der Waals surface area contributed by atoms with Gasteiger partial charge in [0.25, 0.3) is 0 Å². The normalized spacial score (nSPS) is 15.5. The van der Waals surface area contributed by atoms with Gasteiger partial charge in [-0.05, 0) is 45.4 Å². The number of hydrogen-bond donors (Lipinski definition) is 0. The third-order valence-corrected chi connectivity index (χ3v) is 3.30. The van der Waals surface area contributed by atoms with Gasteiger partial charge in [-0.15, -0.1) is 11.8 Å². The molecule has 0 amide bonds. The van der Waals surface area contributed by atoms with Crippen LogP contribution in [0.15, 0.2) is 11.0 Å². The molecule has 0 aromatic carbocycles. The predicted octanol–water partition coefficient (Wildman–Crippen LogP) is 2.71. The molecule has 0 radical (unpaired) electrons. The van der Waals surface area contributed by atoms with Crippen molar-refractivity contribution in [2.75, 3.05) is 19.0 Å². The average Bonchev–Trinajstić information content (AvgIpc) is 2.67. The summed E-state index contributed by atoms with van der Waals surface area (Å²) in [4.78, 5) is 22.7. The lowest BCUT2D eigenvalue weighted by Gasteiger charge is -2.19. The molecule has 0 unspecified atom stereocenters. The lowest BCUT2D eigenvalue weighted by Crippen LogP contribution is -2.26. The Balaban J connectivity index is 1.99. The number of ether oxygens (including phenoxy) is 2. The van der Waals surface area contributed by atoms with E-state index in [4.69, 9.17) is 9.47 Å². The van der Waals surface area contributed by atoms with E-state index in [1.165, 1.54) is 0 Å². The molecule has 4 nitrogen and oxygen atoms in total. The molecule has 0 saturated carbocycles. The van der Waals surface area contributed by atoms with Crippen LogP contribution >= 0.6 is 11.8 Å². The summed E-state index contributed by atoms with van der Waals surface area (Å²) in [5, 5.41) is 1.95. The number of carbonyl (C=O) groups excluding carboxylic acids is 2. The maximum absolute atomic E-state index is 11.3. The lowest BCUT2D eigenvalue weighted by molar-refractivity contribution is -0.160. The SMILES string of the molecule is CC(C)(C)OC(=O)COCCCCC1=CSCC1=O. The van der Waals surface area contributed by atoms with Gasteiger partial charge in [-0.1, -0.05) is 0 Å². The molecule has 1 heterocycles. The Kier molecular flexibility index (Phi) is 6.58. The van der Waals surface area contributed by atoms with E-state index in [-0.39, 0.29) is 18.4 Å². The first-order valence-corrected chi connectivity index (χ1v) is 7.57. The first-order chi connectivity index (χ1) is 8.88. The van der Waals surface area contributed by atoms with Crippen molar-refractivity contribution in [3.8, 4) is 0 Å². The van der Waals surface area contributed by atoms with Crippen LogP contribution < -0.4 is 0 Å². The van der Waals surface area contributed by atoms with Crippen molar-refractivity contribution >= 4 is 23.5 Å². The van der Waals surface area contributed by atoms with Gasteiger partial charge in [-0.25, -0.2) is 4.79 Å².